The van der Waals surface area contributed by atoms with E-state index < -0.39 is 24.2 Å². The minimum absolute atomic E-state index is 0.183. The van der Waals surface area contributed by atoms with Gasteiger partial charge in [-0.05, 0) is 24.5 Å². The number of nitrogens with zero attached hydrogens (tertiary/aromatic N) is 3. The van der Waals surface area contributed by atoms with Crippen molar-refractivity contribution in [3.63, 3.8) is 0 Å². The molecule has 6 nitrogen and oxygen atoms in total. The highest BCUT2D eigenvalue weighted by molar-refractivity contribution is 5.88. The zero-order chi connectivity index (χ0) is 18.9. The number of alkyl halides is 3. The molecule has 1 fully saturated rings. The maximum Gasteiger partial charge on any atom is 0.412 e. The predicted octanol–water partition coefficient (Wildman–Crippen LogP) is 1.85. The van der Waals surface area contributed by atoms with E-state index in [2.05, 4.69) is 15.3 Å². The van der Waals surface area contributed by atoms with Crippen molar-refractivity contribution in [1.82, 2.24) is 15.3 Å². The molecular weight excluding hydrogens is 347 g/mol. The second-order valence-electron chi connectivity index (χ2n) is 6.67. The van der Waals surface area contributed by atoms with E-state index in [1.165, 1.54) is 0 Å². The summed E-state index contributed by atoms with van der Waals surface area (Å²) >= 11 is 0. The molecule has 3 atom stereocenters. The summed E-state index contributed by atoms with van der Waals surface area (Å²) in [7, 11) is 0. The van der Waals surface area contributed by atoms with Gasteiger partial charge in [0.2, 0.25) is 5.91 Å². The first-order valence-electron chi connectivity index (χ1n) is 8.33. The molecule has 0 radical (unpaired) electrons. The van der Waals surface area contributed by atoms with Crippen LogP contribution in [-0.4, -0.2) is 47.2 Å². The fraction of sp³-hybridized carbons (Fsp3) is 0.471. The Labute approximate surface area is 148 Å². The lowest BCUT2D eigenvalue weighted by Crippen LogP contribution is -2.57. The molecule has 1 saturated heterocycles. The van der Waals surface area contributed by atoms with Crippen molar-refractivity contribution in [2.45, 2.75) is 31.6 Å². The Bertz CT molecular complexity index is 792. The molecule has 0 unspecified atom stereocenters. The molecule has 9 heteroatoms. The zero-order valence-corrected chi connectivity index (χ0v) is 14.2. The number of amides is 1. The Morgan fingerprint density at radius 2 is 2.04 bits per heavy atom. The third kappa shape index (κ3) is 3.87. The third-order valence-corrected chi connectivity index (χ3v) is 4.46. The van der Waals surface area contributed by atoms with Gasteiger partial charge < -0.3 is 16.0 Å². The van der Waals surface area contributed by atoms with Crippen LogP contribution >= 0.6 is 0 Å². The van der Waals surface area contributed by atoms with E-state index in [1.54, 1.807) is 12.4 Å². The van der Waals surface area contributed by atoms with Crippen molar-refractivity contribution in [1.29, 1.82) is 0 Å². The SMILES string of the molecule is C[C@H]1C[C@@H](NC(=O)[C@H](N)C(F)(F)F)CN(c2cccc3nccnc23)C1. The Balaban J connectivity index is 1.79. The average Bonchev–Trinajstić information content (AvgIpc) is 2.59. The Kier molecular flexibility index (Phi) is 4.99. The van der Waals surface area contributed by atoms with Crippen molar-refractivity contribution in [3.05, 3.63) is 30.6 Å². The first kappa shape index (κ1) is 18.4. The Morgan fingerprint density at radius 1 is 1.31 bits per heavy atom. The van der Waals surface area contributed by atoms with E-state index >= 15 is 0 Å². The predicted molar refractivity (Wildman–Crippen MR) is 91.5 cm³/mol. The molecule has 2 heterocycles. The molecule has 1 aromatic carbocycles. The average molecular weight is 367 g/mol. The number of carbonyl (C=O) groups is 1. The van der Waals surface area contributed by atoms with Crippen LogP contribution in [0, 0.1) is 5.92 Å². The summed E-state index contributed by atoms with van der Waals surface area (Å²) in [4.78, 5) is 22.5. The molecular formula is C17H20F3N5O. The van der Waals surface area contributed by atoms with Crippen LogP contribution in [0.3, 0.4) is 0 Å². The van der Waals surface area contributed by atoms with Crippen LogP contribution < -0.4 is 16.0 Å². The number of carbonyl (C=O) groups excluding carboxylic acids is 1. The topological polar surface area (TPSA) is 84.1 Å². The molecule has 1 aliphatic heterocycles. The number of nitrogens with two attached hydrogens (primary N) is 1. The summed E-state index contributed by atoms with van der Waals surface area (Å²) in [6.07, 6.45) is -0.966. The van der Waals surface area contributed by atoms with E-state index in [9.17, 15) is 18.0 Å². The number of halogens is 3. The fourth-order valence-electron chi connectivity index (χ4n) is 3.33. The summed E-state index contributed by atoms with van der Waals surface area (Å²) in [5.41, 5.74) is 7.31. The van der Waals surface area contributed by atoms with Gasteiger partial charge in [0.05, 0.1) is 11.2 Å². The van der Waals surface area contributed by atoms with Gasteiger partial charge in [-0.2, -0.15) is 13.2 Å². The summed E-state index contributed by atoms with van der Waals surface area (Å²) in [5.74, 6) is -1.02. The second kappa shape index (κ2) is 7.06. The number of hydrogen-bond acceptors (Lipinski definition) is 5. The largest absolute Gasteiger partial charge is 0.412 e. The smallest absolute Gasteiger partial charge is 0.367 e. The summed E-state index contributed by atoms with van der Waals surface area (Å²) < 4.78 is 37.9. The van der Waals surface area contributed by atoms with Gasteiger partial charge in [-0.3, -0.25) is 14.8 Å². The maximum absolute atomic E-state index is 12.6. The van der Waals surface area contributed by atoms with Crippen LogP contribution in [-0.2, 0) is 4.79 Å². The number of aromatic nitrogens is 2. The summed E-state index contributed by atoms with van der Waals surface area (Å²) in [5, 5.41) is 2.44. The normalized spacial score (nSPS) is 22.3. The van der Waals surface area contributed by atoms with Crippen molar-refractivity contribution in [2.75, 3.05) is 18.0 Å². The number of fused-ring (bicyclic) bond motifs is 1. The van der Waals surface area contributed by atoms with Gasteiger partial charge in [-0.25, -0.2) is 0 Å². The summed E-state index contributed by atoms with van der Waals surface area (Å²) in [6.45, 7) is 3.09. The van der Waals surface area contributed by atoms with Gasteiger partial charge in [-0.1, -0.05) is 13.0 Å². The van der Waals surface area contributed by atoms with Crippen LogP contribution in [0.1, 0.15) is 13.3 Å². The van der Waals surface area contributed by atoms with Crippen molar-refractivity contribution in [2.24, 2.45) is 11.7 Å². The summed E-state index contributed by atoms with van der Waals surface area (Å²) in [6, 6.07) is 2.66. The number of rotatable bonds is 3. The molecule has 2 aromatic rings. The van der Waals surface area contributed by atoms with Crippen molar-refractivity contribution in [3.8, 4) is 0 Å². The standard InChI is InChI=1S/C17H20F3N5O/c1-10-7-11(24-16(26)15(21)17(18,19)20)9-25(8-10)13-4-2-3-12-14(13)23-6-5-22-12/h2-6,10-11,15H,7-9,21H2,1H3,(H,24,26)/t10-,11+,15-/m0/s1. The second-order valence-corrected chi connectivity index (χ2v) is 6.67. The highest BCUT2D eigenvalue weighted by Gasteiger charge is 2.43. The highest BCUT2D eigenvalue weighted by atomic mass is 19.4. The van der Waals surface area contributed by atoms with E-state index in [0.29, 0.717) is 19.5 Å². The Morgan fingerprint density at radius 3 is 2.77 bits per heavy atom. The molecule has 1 amide bonds. The molecule has 0 aliphatic carbocycles. The van der Waals surface area contributed by atoms with Gasteiger partial charge in [0.1, 0.15) is 5.52 Å². The molecule has 3 rings (SSSR count). The first-order valence-corrected chi connectivity index (χ1v) is 8.33. The molecule has 1 aliphatic rings. The van der Waals surface area contributed by atoms with Crippen LogP contribution in [0.4, 0.5) is 18.9 Å². The number of para-hydroxylation sites is 1. The van der Waals surface area contributed by atoms with Crippen LogP contribution in [0.25, 0.3) is 11.0 Å². The number of hydrogen-bond donors (Lipinski definition) is 2. The van der Waals surface area contributed by atoms with Crippen molar-refractivity contribution < 1.29 is 18.0 Å². The molecule has 0 saturated carbocycles. The Hall–Kier alpha value is -2.42. The van der Waals surface area contributed by atoms with Gasteiger partial charge in [0, 0.05) is 31.5 Å². The number of benzene rings is 1. The van der Waals surface area contributed by atoms with Crippen molar-refractivity contribution >= 4 is 22.6 Å². The van der Waals surface area contributed by atoms with Gasteiger partial charge in [0.15, 0.2) is 6.04 Å². The van der Waals surface area contributed by atoms with Crippen LogP contribution in [0.15, 0.2) is 30.6 Å². The minimum Gasteiger partial charge on any atom is -0.367 e. The number of anilines is 1. The van der Waals surface area contributed by atoms with Crippen LogP contribution in [0.5, 0.6) is 0 Å². The molecule has 26 heavy (non-hydrogen) atoms. The van der Waals surface area contributed by atoms with Crippen LogP contribution in [0.2, 0.25) is 0 Å². The van der Waals surface area contributed by atoms with E-state index in [4.69, 9.17) is 5.73 Å². The van der Waals surface area contributed by atoms with E-state index in [1.807, 2.05) is 30.0 Å². The monoisotopic (exact) mass is 367 g/mol. The molecule has 0 bridgehead atoms. The lowest BCUT2D eigenvalue weighted by Gasteiger charge is -2.38. The minimum atomic E-state index is -4.75. The van der Waals surface area contributed by atoms with E-state index in [-0.39, 0.29) is 5.92 Å². The van der Waals surface area contributed by atoms with Gasteiger partial charge in [0.25, 0.3) is 0 Å². The molecule has 0 spiro atoms. The van der Waals surface area contributed by atoms with E-state index in [0.717, 1.165) is 16.7 Å². The third-order valence-electron chi connectivity index (χ3n) is 4.46. The van der Waals surface area contributed by atoms with Gasteiger partial charge >= 0.3 is 6.18 Å². The zero-order valence-electron chi connectivity index (χ0n) is 14.2. The maximum atomic E-state index is 12.6. The fourth-order valence-corrected chi connectivity index (χ4v) is 3.33. The number of nitrogens with one attached hydrogen (secondary N) is 1. The van der Waals surface area contributed by atoms with Gasteiger partial charge in [-0.15, -0.1) is 0 Å². The first-order chi connectivity index (χ1) is 12.3. The quantitative estimate of drug-likeness (QED) is 0.865. The molecule has 1 aromatic heterocycles. The lowest BCUT2D eigenvalue weighted by atomic mass is 9.95. The molecule has 3 N–H and O–H groups in total. The lowest BCUT2D eigenvalue weighted by molar-refractivity contribution is -0.163. The highest BCUT2D eigenvalue weighted by Crippen LogP contribution is 2.28. The molecule has 140 valence electrons. The number of piperidine rings is 1.